The molecule has 0 fully saturated rings. The lowest BCUT2D eigenvalue weighted by Crippen LogP contribution is -2.33. The molecule has 1 amide bonds. The number of nitrogens with one attached hydrogen (secondary N) is 1. The third kappa shape index (κ3) is 4.03. The van der Waals surface area contributed by atoms with Gasteiger partial charge in [0.05, 0.1) is 15.5 Å². The normalized spacial score (nSPS) is 11.4. The molecule has 0 radical (unpaired) electrons. The maximum atomic E-state index is 11.9. The van der Waals surface area contributed by atoms with Gasteiger partial charge in [-0.3, -0.25) is 14.9 Å². The van der Waals surface area contributed by atoms with Crippen LogP contribution in [0, 0.1) is 21.4 Å². The minimum Gasteiger partial charge on any atom is -0.336 e. The predicted octanol–water partition coefficient (Wildman–Crippen LogP) is 2.78. The first-order valence-electron chi connectivity index (χ1n) is 5.64. The molecule has 1 N–H and O–H groups in total. The zero-order valence-electron chi connectivity index (χ0n) is 10.2. The van der Waals surface area contributed by atoms with Gasteiger partial charge in [0, 0.05) is 11.6 Å². The zero-order chi connectivity index (χ0) is 14.4. The van der Waals surface area contributed by atoms with Gasteiger partial charge in [0.15, 0.2) is 0 Å². The third-order valence-electron chi connectivity index (χ3n) is 2.44. The highest BCUT2D eigenvalue weighted by Gasteiger charge is 2.17. The van der Waals surface area contributed by atoms with Gasteiger partial charge in [0.25, 0.3) is 11.6 Å². The van der Waals surface area contributed by atoms with Crippen molar-refractivity contribution in [1.29, 1.82) is 5.26 Å². The fraction of sp³-hybridized carbons (Fsp3) is 0.333. The predicted molar refractivity (Wildman–Crippen MR) is 72.6 cm³/mol. The van der Waals surface area contributed by atoms with Gasteiger partial charge in [-0.1, -0.05) is 13.3 Å². The van der Waals surface area contributed by atoms with Gasteiger partial charge >= 0.3 is 0 Å². The molecule has 0 aliphatic rings. The number of rotatable bonds is 5. The number of nitrogens with zero attached hydrogens (tertiary/aromatic N) is 2. The van der Waals surface area contributed by atoms with E-state index in [1.54, 1.807) is 0 Å². The standard InChI is InChI=1S/C12H12BrN3O3/c1-2-3-9(7-14)15-12(17)8-4-5-10(13)11(6-8)16(18)19/h4-6,9H,2-3H2,1H3,(H,15,17). The molecule has 1 rings (SSSR count). The summed E-state index contributed by atoms with van der Waals surface area (Å²) in [5.74, 6) is -0.490. The Hall–Kier alpha value is -1.94. The fourth-order valence-electron chi connectivity index (χ4n) is 1.49. The smallest absolute Gasteiger partial charge is 0.284 e. The molecule has 1 atom stereocenters. The molecule has 100 valence electrons. The largest absolute Gasteiger partial charge is 0.336 e. The van der Waals surface area contributed by atoms with Crippen LogP contribution in [0.15, 0.2) is 22.7 Å². The molecule has 0 bridgehead atoms. The molecular weight excluding hydrogens is 314 g/mol. The molecule has 1 aromatic rings. The lowest BCUT2D eigenvalue weighted by molar-refractivity contribution is -0.385. The monoisotopic (exact) mass is 325 g/mol. The van der Waals surface area contributed by atoms with Crippen LogP contribution in [0.3, 0.4) is 0 Å². The first kappa shape index (κ1) is 15.1. The summed E-state index contributed by atoms with van der Waals surface area (Å²) in [5, 5.41) is 22.2. The molecule has 0 aliphatic carbocycles. The van der Waals surface area contributed by atoms with E-state index in [0.717, 1.165) is 6.42 Å². The summed E-state index contributed by atoms with van der Waals surface area (Å²) in [7, 11) is 0. The molecule has 7 heteroatoms. The van der Waals surface area contributed by atoms with Crippen LogP contribution in [0.4, 0.5) is 5.69 Å². The van der Waals surface area contributed by atoms with Crippen LogP contribution in [0.1, 0.15) is 30.1 Å². The maximum Gasteiger partial charge on any atom is 0.284 e. The number of benzene rings is 1. The van der Waals surface area contributed by atoms with E-state index < -0.39 is 16.9 Å². The van der Waals surface area contributed by atoms with Crippen LogP contribution in [-0.4, -0.2) is 16.9 Å². The number of carbonyl (C=O) groups is 1. The summed E-state index contributed by atoms with van der Waals surface area (Å²) < 4.78 is 0.305. The Labute approximate surface area is 118 Å². The number of halogens is 1. The summed E-state index contributed by atoms with van der Waals surface area (Å²) in [4.78, 5) is 22.1. The quantitative estimate of drug-likeness (QED) is 0.665. The van der Waals surface area contributed by atoms with Gasteiger partial charge in [-0.25, -0.2) is 0 Å². The SMILES string of the molecule is CCCC(C#N)NC(=O)c1ccc(Br)c([N+](=O)[O-])c1. The van der Waals surface area contributed by atoms with Crippen molar-refractivity contribution in [2.45, 2.75) is 25.8 Å². The highest BCUT2D eigenvalue weighted by Crippen LogP contribution is 2.25. The van der Waals surface area contributed by atoms with E-state index in [1.165, 1.54) is 18.2 Å². The minimum atomic E-state index is -0.583. The van der Waals surface area contributed by atoms with Gasteiger partial charge in [-0.05, 0) is 34.5 Å². The summed E-state index contributed by atoms with van der Waals surface area (Å²) >= 11 is 3.04. The Bertz CT molecular complexity index is 540. The Balaban J connectivity index is 2.92. The van der Waals surface area contributed by atoms with Crippen LogP contribution >= 0.6 is 15.9 Å². The topological polar surface area (TPSA) is 96.0 Å². The molecule has 0 saturated heterocycles. The van der Waals surface area contributed by atoms with Crippen molar-refractivity contribution in [2.75, 3.05) is 0 Å². The average Bonchev–Trinajstić information content (AvgIpc) is 2.38. The maximum absolute atomic E-state index is 11.9. The van der Waals surface area contributed by atoms with Crippen molar-refractivity contribution in [1.82, 2.24) is 5.32 Å². The van der Waals surface area contributed by atoms with Crippen LogP contribution in [-0.2, 0) is 0 Å². The summed E-state index contributed by atoms with van der Waals surface area (Å²) in [6.07, 6.45) is 1.31. The van der Waals surface area contributed by atoms with Crippen molar-refractivity contribution in [3.8, 4) is 6.07 Å². The van der Waals surface area contributed by atoms with E-state index in [-0.39, 0.29) is 11.3 Å². The Morgan fingerprint density at radius 3 is 2.84 bits per heavy atom. The molecule has 0 saturated carbocycles. The molecule has 6 nitrogen and oxygen atoms in total. The highest BCUT2D eigenvalue weighted by atomic mass is 79.9. The highest BCUT2D eigenvalue weighted by molar-refractivity contribution is 9.10. The Morgan fingerprint density at radius 1 is 1.63 bits per heavy atom. The van der Waals surface area contributed by atoms with Crippen molar-refractivity contribution >= 4 is 27.5 Å². The molecule has 19 heavy (non-hydrogen) atoms. The second-order valence-corrected chi connectivity index (χ2v) is 4.72. The number of hydrogen-bond donors (Lipinski definition) is 1. The first-order valence-corrected chi connectivity index (χ1v) is 6.43. The van der Waals surface area contributed by atoms with Gasteiger partial charge < -0.3 is 5.32 Å². The second-order valence-electron chi connectivity index (χ2n) is 3.87. The van der Waals surface area contributed by atoms with Crippen LogP contribution in [0.2, 0.25) is 0 Å². The van der Waals surface area contributed by atoms with E-state index in [0.29, 0.717) is 10.9 Å². The van der Waals surface area contributed by atoms with Crippen molar-refractivity contribution in [2.24, 2.45) is 0 Å². The van der Waals surface area contributed by atoms with Crippen LogP contribution < -0.4 is 5.32 Å². The molecule has 1 aromatic carbocycles. The lowest BCUT2D eigenvalue weighted by Gasteiger charge is -2.10. The Kier molecular flexibility index (Phi) is 5.45. The summed E-state index contributed by atoms with van der Waals surface area (Å²) in [6.45, 7) is 1.90. The molecule has 0 aromatic heterocycles. The van der Waals surface area contributed by atoms with E-state index in [9.17, 15) is 14.9 Å². The van der Waals surface area contributed by atoms with E-state index in [1.807, 2.05) is 13.0 Å². The number of carbonyl (C=O) groups excluding carboxylic acids is 1. The first-order chi connectivity index (χ1) is 8.99. The Morgan fingerprint density at radius 2 is 2.32 bits per heavy atom. The van der Waals surface area contributed by atoms with Crippen molar-refractivity contribution in [3.63, 3.8) is 0 Å². The molecular formula is C12H12BrN3O3. The van der Waals surface area contributed by atoms with E-state index >= 15 is 0 Å². The van der Waals surface area contributed by atoms with Crippen LogP contribution in [0.25, 0.3) is 0 Å². The van der Waals surface area contributed by atoms with E-state index in [2.05, 4.69) is 21.2 Å². The number of amides is 1. The number of hydrogen-bond acceptors (Lipinski definition) is 4. The molecule has 0 heterocycles. The fourth-order valence-corrected chi connectivity index (χ4v) is 1.88. The van der Waals surface area contributed by atoms with Gasteiger partial charge in [0.1, 0.15) is 6.04 Å². The van der Waals surface area contributed by atoms with Gasteiger partial charge in [0.2, 0.25) is 0 Å². The summed E-state index contributed by atoms with van der Waals surface area (Å²) in [5.41, 5.74) is -0.0251. The second kappa shape index (κ2) is 6.85. The van der Waals surface area contributed by atoms with Crippen molar-refractivity contribution < 1.29 is 9.72 Å². The number of nitriles is 1. The average molecular weight is 326 g/mol. The third-order valence-corrected chi connectivity index (χ3v) is 3.11. The molecule has 0 spiro atoms. The number of nitro groups is 1. The van der Waals surface area contributed by atoms with Gasteiger partial charge in [-0.2, -0.15) is 5.26 Å². The molecule has 0 aliphatic heterocycles. The van der Waals surface area contributed by atoms with E-state index in [4.69, 9.17) is 5.26 Å². The van der Waals surface area contributed by atoms with Crippen LogP contribution in [0.5, 0.6) is 0 Å². The molecule has 1 unspecified atom stereocenters. The number of nitro benzene ring substituents is 1. The minimum absolute atomic E-state index is 0.159. The lowest BCUT2D eigenvalue weighted by atomic mass is 10.1. The van der Waals surface area contributed by atoms with Gasteiger partial charge in [-0.15, -0.1) is 0 Å². The van der Waals surface area contributed by atoms with Crippen molar-refractivity contribution in [3.05, 3.63) is 38.3 Å². The summed E-state index contributed by atoms with van der Waals surface area (Å²) in [6, 6.07) is 5.48. The zero-order valence-corrected chi connectivity index (χ0v) is 11.8.